The number of fused-ring (bicyclic) bond motifs is 1. The van der Waals surface area contributed by atoms with Crippen LogP contribution in [0.5, 0.6) is 0 Å². The zero-order valence-electron chi connectivity index (χ0n) is 15.2. The number of rotatable bonds is 4. The number of amides is 2. The molecule has 1 aliphatic rings. The maximum absolute atomic E-state index is 12.8. The molecule has 2 amide bonds. The minimum Gasteiger partial charge on any atom is -0.349 e. The molecular weight excluding hydrogens is 312 g/mol. The van der Waals surface area contributed by atoms with Crippen LogP contribution in [0.4, 0.5) is 5.69 Å². The van der Waals surface area contributed by atoms with Crippen molar-refractivity contribution in [1.29, 1.82) is 0 Å². The molecule has 0 saturated carbocycles. The molecule has 0 saturated heterocycles. The van der Waals surface area contributed by atoms with E-state index in [1.807, 2.05) is 30.3 Å². The molecule has 0 bridgehead atoms. The summed E-state index contributed by atoms with van der Waals surface area (Å²) in [5.74, 6) is 0.510. The minimum absolute atomic E-state index is 0.00597. The van der Waals surface area contributed by atoms with Gasteiger partial charge in [0.2, 0.25) is 5.91 Å². The first kappa shape index (κ1) is 17.2. The van der Waals surface area contributed by atoms with Crippen molar-refractivity contribution in [2.24, 2.45) is 0 Å². The fraction of sp³-hybridized carbons (Fsp3) is 0.333. The molecule has 0 radical (unpaired) electrons. The Morgan fingerprint density at radius 2 is 1.80 bits per heavy atom. The quantitative estimate of drug-likeness (QED) is 0.856. The monoisotopic (exact) mass is 336 g/mol. The van der Waals surface area contributed by atoms with E-state index >= 15 is 0 Å². The number of hydrogen-bond donors (Lipinski definition) is 0. The predicted octanol–water partition coefficient (Wildman–Crippen LogP) is 3.60. The van der Waals surface area contributed by atoms with Crippen molar-refractivity contribution >= 4 is 17.5 Å². The zero-order chi connectivity index (χ0) is 18.1. The van der Waals surface area contributed by atoms with Crippen molar-refractivity contribution in [3.8, 4) is 0 Å². The first-order valence-electron chi connectivity index (χ1n) is 8.60. The third-order valence-corrected chi connectivity index (χ3v) is 4.70. The number of anilines is 1. The number of carbonyl (C=O) groups is 2. The standard InChI is InChI=1S/C21H24N2O2/c1-14(2)16-7-9-18(10-8-16)23-13-17-6-5-15(11-19(17)21(23)25)12-20(24)22(3)4/h5-11,14H,12-13H2,1-4H3. The average molecular weight is 336 g/mol. The molecule has 1 aliphatic heterocycles. The van der Waals surface area contributed by atoms with Crippen LogP contribution in [-0.4, -0.2) is 30.8 Å². The molecule has 0 aliphatic carbocycles. The molecule has 2 aromatic rings. The Labute approximate surface area is 149 Å². The van der Waals surface area contributed by atoms with Crippen molar-refractivity contribution in [2.45, 2.75) is 32.7 Å². The molecule has 0 N–H and O–H groups in total. The van der Waals surface area contributed by atoms with Crippen LogP contribution in [0.25, 0.3) is 0 Å². The first-order valence-corrected chi connectivity index (χ1v) is 8.60. The van der Waals surface area contributed by atoms with Crippen molar-refractivity contribution in [2.75, 3.05) is 19.0 Å². The summed E-state index contributed by atoms with van der Waals surface area (Å²) < 4.78 is 0. The van der Waals surface area contributed by atoms with Gasteiger partial charge in [-0.2, -0.15) is 0 Å². The number of nitrogens with zero attached hydrogens (tertiary/aromatic N) is 2. The molecule has 130 valence electrons. The van der Waals surface area contributed by atoms with E-state index in [1.165, 1.54) is 5.56 Å². The van der Waals surface area contributed by atoms with E-state index in [0.29, 0.717) is 24.4 Å². The lowest BCUT2D eigenvalue weighted by atomic mass is 10.0. The lowest BCUT2D eigenvalue weighted by Gasteiger charge is -2.16. The Kier molecular flexibility index (Phi) is 4.62. The zero-order valence-corrected chi connectivity index (χ0v) is 15.2. The molecule has 0 fully saturated rings. The summed E-state index contributed by atoms with van der Waals surface area (Å²) in [5, 5.41) is 0. The van der Waals surface area contributed by atoms with Gasteiger partial charge in [0.1, 0.15) is 0 Å². The summed E-state index contributed by atoms with van der Waals surface area (Å²) >= 11 is 0. The molecule has 25 heavy (non-hydrogen) atoms. The Hall–Kier alpha value is -2.62. The summed E-state index contributed by atoms with van der Waals surface area (Å²) in [6.45, 7) is 4.89. The second-order valence-electron chi connectivity index (χ2n) is 7.09. The maximum atomic E-state index is 12.8. The molecule has 0 unspecified atom stereocenters. The maximum Gasteiger partial charge on any atom is 0.258 e. The second-order valence-corrected chi connectivity index (χ2v) is 7.09. The van der Waals surface area contributed by atoms with Crippen LogP contribution >= 0.6 is 0 Å². The van der Waals surface area contributed by atoms with Gasteiger partial charge in [-0.3, -0.25) is 9.59 Å². The van der Waals surface area contributed by atoms with E-state index in [2.05, 4.69) is 26.0 Å². The van der Waals surface area contributed by atoms with Gasteiger partial charge in [-0.05, 0) is 40.8 Å². The van der Waals surface area contributed by atoms with Crippen LogP contribution in [0.3, 0.4) is 0 Å². The van der Waals surface area contributed by atoms with E-state index in [-0.39, 0.29) is 11.8 Å². The Bertz CT molecular complexity index is 807. The molecule has 0 spiro atoms. The number of hydrogen-bond acceptors (Lipinski definition) is 2. The fourth-order valence-electron chi connectivity index (χ4n) is 3.04. The van der Waals surface area contributed by atoms with Gasteiger partial charge >= 0.3 is 0 Å². The molecule has 4 heteroatoms. The molecular formula is C21H24N2O2. The molecule has 0 aromatic heterocycles. The predicted molar refractivity (Wildman–Crippen MR) is 99.9 cm³/mol. The third-order valence-electron chi connectivity index (χ3n) is 4.70. The molecule has 1 heterocycles. The van der Waals surface area contributed by atoms with Crippen LogP contribution in [0.2, 0.25) is 0 Å². The SMILES string of the molecule is CC(C)c1ccc(N2Cc3ccc(CC(=O)N(C)C)cc3C2=O)cc1. The fourth-order valence-corrected chi connectivity index (χ4v) is 3.04. The number of benzene rings is 2. The van der Waals surface area contributed by atoms with Crippen molar-refractivity contribution in [3.63, 3.8) is 0 Å². The van der Waals surface area contributed by atoms with Gasteiger partial charge in [0, 0.05) is 25.3 Å². The van der Waals surface area contributed by atoms with Crippen LogP contribution in [0.15, 0.2) is 42.5 Å². The van der Waals surface area contributed by atoms with Crippen LogP contribution in [0, 0.1) is 0 Å². The van der Waals surface area contributed by atoms with Crippen molar-refractivity contribution < 1.29 is 9.59 Å². The lowest BCUT2D eigenvalue weighted by molar-refractivity contribution is -0.127. The molecule has 0 atom stereocenters. The Morgan fingerprint density at radius 1 is 1.12 bits per heavy atom. The van der Waals surface area contributed by atoms with Gasteiger partial charge in [-0.15, -0.1) is 0 Å². The lowest BCUT2D eigenvalue weighted by Crippen LogP contribution is -2.24. The molecule has 3 rings (SSSR count). The highest BCUT2D eigenvalue weighted by atomic mass is 16.2. The first-order chi connectivity index (χ1) is 11.9. The smallest absolute Gasteiger partial charge is 0.258 e. The Morgan fingerprint density at radius 3 is 2.40 bits per heavy atom. The summed E-state index contributed by atoms with van der Waals surface area (Å²) in [4.78, 5) is 28.1. The third kappa shape index (κ3) is 3.43. The van der Waals surface area contributed by atoms with Gasteiger partial charge < -0.3 is 9.80 Å². The second kappa shape index (κ2) is 6.71. The number of carbonyl (C=O) groups excluding carboxylic acids is 2. The normalized spacial score (nSPS) is 13.3. The van der Waals surface area contributed by atoms with Gasteiger partial charge in [0.25, 0.3) is 5.91 Å². The van der Waals surface area contributed by atoms with Crippen LogP contribution in [-0.2, 0) is 17.8 Å². The van der Waals surface area contributed by atoms with E-state index in [9.17, 15) is 9.59 Å². The molecule has 2 aromatic carbocycles. The van der Waals surface area contributed by atoms with Crippen LogP contribution in [0.1, 0.15) is 46.8 Å². The topological polar surface area (TPSA) is 40.6 Å². The number of likely N-dealkylation sites (N-methyl/N-ethyl adjacent to an activating group) is 1. The summed E-state index contributed by atoms with van der Waals surface area (Å²) in [7, 11) is 3.48. The summed E-state index contributed by atoms with van der Waals surface area (Å²) in [6, 6.07) is 14.0. The Balaban J connectivity index is 1.82. The highest BCUT2D eigenvalue weighted by molar-refractivity contribution is 6.10. The van der Waals surface area contributed by atoms with E-state index in [1.54, 1.807) is 23.9 Å². The highest BCUT2D eigenvalue weighted by Crippen LogP contribution is 2.30. The van der Waals surface area contributed by atoms with E-state index in [0.717, 1.165) is 16.8 Å². The highest BCUT2D eigenvalue weighted by Gasteiger charge is 2.28. The molecule has 4 nitrogen and oxygen atoms in total. The van der Waals surface area contributed by atoms with E-state index in [4.69, 9.17) is 0 Å². The van der Waals surface area contributed by atoms with Gasteiger partial charge in [-0.25, -0.2) is 0 Å². The van der Waals surface area contributed by atoms with Crippen molar-refractivity contribution in [3.05, 3.63) is 64.7 Å². The van der Waals surface area contributed by atoms with Crippen molar-refractivity contribution in [1.82, 2.24) is 4.90 Å². The largest absolute Gasteiger partial charge is 0.349 e. The summed E-state index contributed by atoms with van der Waals surface area (Å²) in [6.07, 6.45) is 0.316. The summed E-state index contributed by atoms with van der Waals surface area (Å²) in [5.41, 5.74) is 4.77. The average Bonchev–Trinajstić information content (AvgIpc) is 2.91. The van der Waals surface area contributed by atoms with Gasteiger partial charge in [0.05, 0.1) is 13.0 Å². The minimum atomic E-state index is 0.00597. The van der Waals surface area contributed by atoms with Crippen LogP contribution < -0.4 is 4.90 Å². The van der Waals surface area contributed by atoms with Gasteiger partial charge in [-0.1, -0.05) is 38.1 Å². The van der Waals surface area contributed by atoms with E-state index < -0.39 is 0 Å². The van der Waals surface area contributed by atoms with Gasteiger partial charge in [0.15, 0.2) is 0 Å².